The van der Waals surface area contributed by atoms with E-state index in [-0.39, 0.29) is 5.97 Å². The number of unbranched alkanes of at least 4 members (excludes halogenated alkanes) is 16. The number of esters is 1. The van der Waals surface area contributed by atoms with Crippen LogP contribution >= 0.6 is 0 Å². The molecule has 2 heteroatoms. The first-order valence-corrected chi connectivity index (χ1v) is 13.9. The lowest BCUT2D eigenvalue weighted by molar-refractivity contribution is -0.145. The minimum atomic E-state index is 0.0353. The molecule has 0 fully saturated rings. The van der Waals surface area contributed by atoms with Crippen LogP contribution < -0.4 is 0 Å². The number of carbonyl (C=O) groups excluding carboxylic acids is 1. The lowest BCUT2D eigenvalue weighted by atomic mass is 9.96. The summed E-state index contributed by atoms with van der Waals surface area (Å²) in [7, 11) is 0. The van der Waals surface area contributed by atoms with Crippen molar-refractivity contribution < 1.29 is 9.53 Å². The van der Waals surface area contributed by atoms with Crippen molar-refractivity contribution in [3.63, 3.8) is 0 Å². The van der Waals surface area contributed by atoms with Gasteiger partial charge in [-0.15, -0.1) is 0 Å². The Balaban J connectivity index is 3.52. The van der Waals surface area contributed by atoms with Crippen molar-refractivity contribution >= 4 is 5.97 Å². The molecule has 1 atom stereocenters. The Kier molecular flexibility index (Phi) is 24.3. The molecule has 0 amide bonds. The quantitative estimate of drug-likeness (QED) is 0.114. The summed E-state index contributed by atoms with van der Waals surface area (Å²) in [5, 5.41) is 0. The SMILES string of the molecule is CCCCCCCCCCCCCCCC(=O)OCC(CCCC)CCCCCC. The average Bonchev–Trinajstić information content (AvgIpc) is 2.75. The van der Waals surface area contributed by atoms with E-state index in [0.717, 1.165) is 6.42 Å². The van der Waals surface area contributed by atoms with Gasteiger partial charge in [-0.2, -0.15) is 0 Å². The summed E-state index contributed by atoms with van der Waals surface area (Å²) < 4.78 is 5.63. The van der Waals surface area contributed by atoms with Gasteiger partial charge in [0.25, 0.3) is 0 Å². The number of carbonyl (C=O) groups is 1. The monoisotopic (exact) mass is 424 g/mol. The van der Waals surface area contributed by atoms with Gasteiger partial charge < -0.3 is 4.74 Å². The molecule has 0 saturated heterocycles. The third-order valence-corrected chi connectivity index (χ3v) is 6.40. The fraction of sp³-hybridized carbons (Fsp3) is 0.964. The van der Waals surface area contributed by atoms with Gasteiger partial charge in [0.2, 0.25) is 0 Å². The van der Waals surface area contributed by atoms with Crippen LogP contribution in [0.5, 0.6) is 0 Å². The van der Waals surface area contributed by atoms with E-state index in [4.69, 9.17) is 4.74 Å². The van der Waals surface area contributed by atoms with Gasteiger partial charge in [-0.05, 0) is 25.2 Å². The first kappa shape index (κ1) is 29.5. The molecule has 0 heterocycles. The van der Waals surface area contributed by atoms with Crippen LogP contribution in [0.15, 0.2) is 0 Å². The summed E-state index contributed by atoms with van der Waals surface area (Å²) in [6.45, 7) is 7.44. The molecule has 0 rings (SSSR count). The predicted octanol–water partition coefficient (Wildman–Crippen LogP) is 9.79. The average molecular weight is 425 g/mol. The van der Waals surface area contributed by atoms with E-state index < -0.39 is 0 Å². The smallest absolute Gasteiger partial charge is 0.305 e. The van der Waals surface area contributed by atoms with Crippen LogP contribution in [-0.2, 0) is 9.53 Å². The number of rotatable bonds is 24. The van der Waals surface area contributed by atoms with E-state index in [9.17, 15) is 4.79 Å². The molecule has 0 aliphatic heterocycles. The van der Waals surface area contributed by atoms with Gasteiger partial charge in [0.15, 0.2) is 0 Å². The first-order valence-electron chi connectivity index (χ1n) is 13.9. The van der Waals surface area contributed by atoms with Crippen LogP contribution in [0.25, 0.3) is 0 Å². The van der Waals surface area contributed by atoms with Gasteiger partial charge >= 0.3 is 5.97 Å². The molecule has 0 radical (unpaired) electrons. The van der Waals surface area contributed by atoms with E-state index in [0.29, 0.717) is 18.9 Å². The molecule has 0 aliphatic carbocycles. The molecule has 2 nitrogen and oxygen atoms in total. The van der Waals surface area contributed by atoms with Gasteiger partial charge in [-0.1, -0.05) is 136 Å². The van der Waals surface area contributed by atoms with Crippen LogP contribution in [0.1, 0.15) is 162 Å². The zero-order chi connectivity index (χ0) is 22.1. The van der Waals surface area contributed by atoms with Crippen molar-refractivity contribution in [3.05, 3.63) is 0 Å². The third-order valence-electron chi connectivity index (χ3n) is 6.40. The number of hydrogen-bond donors (Lipinski definition) is 0. The van der Waals surface area contributed by atoms with Crippen LogP contribution in [0.4, 0.5) is 0 Å². The Morgan fingerprint density at radius 3 is 1.43 bits per heavy atom. The fourth-order valence-corrected chi connectivity index (χ4v) is 4.23. The fourth-order valence-electron chi connectivity index (χ4n) is 4.23. The largest absolute Gasteiger partial charge is 0.465 e. The molecule has 1 unspecified atom stereocenters. The summed E-state index contributed by atoms with van der Waals surface area (Å²) in [6.07, 6.45) is 28.2. The van der Waals surface area contributed by atoms with Gasteiger partial charge in [0.05, 0.1) is 6.61 Å². The summed E-state index contributed by atoms with van der Waals surface area (Å²) in [5.74, 6) is 0.616. The van der Waals surface area contributed by atoms with Gasteiger partial charge in [-0.3, -0.25) is 4.79 Å². The highest BCUT2D eigenvalue weighted by atomic mass is 16.5. The van der Waals surface area contributed by atoms with Crippen LogP contribution in [-0.4, -0.2) is 12.6 Å². The van der Waals surface area contributed by atoms with Gasteiger partial charge in [-0.25, -0.2) is 0 Å². The Labute approximate surface area is 190 Å². The van der Waals surface area contributed by atoms with Crippen molar-refractivity contribution in [3.8, 4) is 0 Å². The van der Waals surface area contributed by atoms with Crippen molar-refractivity contribution in [2.75, 3.05) is 6.61 Å². The van der Waals surface area contributed by atoms with Crippen LogP contribution in [0, 0.1) is 5.92 Å². The van der Waals surface area contributed by atoms with Gasteiger partial charge in [0.1, 0.15) is 0 Å². The normalized spacial score (nSPS) is 12.2. The summed E-state index contributed by atoms with van der Waals surface area (Å²) >= 11 is 0. The van der Waals surface area contributed by atoms with Gasteiger partial charge in [0, 0.05) is 6.42 Å². The Bertz CT molecular complexity index is 340. The maximum Gasteiger partial charge on any atom is 0.305 e. The third kappa shape index (κ3) is 22.2. The highest BCUT2D eigenvalue weighted by Crippen LogP contribution is 2.18. The molecule has 0 aromatic heterocycles. The van der Waals surface area contributed by atoms with E-state index in [1.54, 1.807) is 0 Å². The highest BCUT2D eigenvalue weighted by Gasteiger charge is 2.11. The molecule has 0 aromatic rings. The zero-order valence-corrected chi connectivity index (χ0v) is 21.2. The first-order chi connectivity index (χ1) is 14.7. The molecule has 0 N–H and O–H groups in total. The van der Waals surface area contributed by atoms with E-state index in [2.05, 4.69) is 20.8 Å². The second-order valence-electron chi connectivity index (χ2n) is 9.53. The molecule has 30 heavy (non-hydrogen) atoms. The minimum absolute atomic E-state index is 0.0353. The standard InChI is InChI=1S/C28H56O2/c1-4-7-10-12-13-14-15-16-17-18-19-20-22-25-28(29)30-26-27(23-9-6-3)24-21-11-8-5-2/h27H,4-26H2,1-3H3. The van der Waals surface area contributed by atoms with Crippen LogP contribution in [0.3, 0.4) is 0 Å². The van der Waals surface area contributed by atoms with E-state index in [1.165, 1.54) is 128 Å². The minimum Gasteiger partial charge on any atom is -0.465 e. The number of ether oxygens (including phenoxy) is 1. The summed E-state index contributed by atoms with van der Waals surface area (Å²) in [6, 6.07) is 0. The van der Waals surface area contributed by atoms with Crippen LogP contribution in [0.2, 0.25) is 0 Å². The molecule has 0 spiro atoms. The van der Waals surface area contributed by atoms with Crippen molar-refractivity contribution in [2.24, 2.45) is 5.92 Å². The molecule has 0 saturated carbocycles. The molecule has 0 aromatic carbocycles. The Hall–Kier alpha value is -0.530. The second kappa shape index (κ2) is 24.7. The maximum absolute atomic E-state index is 12.1. The molecule has 0 aliphatic rings. The van der Waals surface area contributed by atoms with E-state index >= 15 is 0 Å². The van der Waals surface area contributed by atoms with Crippen molar-refractivity contribution in [1.29, 1.82) is 0 Å². The zero-order valence-electron chi connectivity index (χ0n) is 21.2. The molecule has 0 bridgehead atoms. The lowest BCUT2D eigenvalue weighted by Crippen LogP contribution is -2.14. The predicted molar refractivity (Wildman–Crippen MR) is 133 cm³/mol. The maximum atomic E-state index is 12.1. The number of hydrogen-bond acceptors (Lipinski definition) is 2. The van der Waals surface area contributed by atoms with E-state index in [1.807, 2.05) is 0 Å². The summed E-state index contributed by atoms with van der Waals surface area (Å²) in [4.78, 5) is 12.1. The lowest BCUT2D eigenvalue weighted by Gasteiger charge is -2.16. The molecular formula is C28H56O2. The Morgan fingerprint density at radius 1 is 0.533 bits per heavy atom. The Morgan fingerprint density at radius 2 is 0.933 bits per heavy atom. The summed E-state index contributed by atoms with van der Waals surface area (Å²) in [5.41, 5.74) is 0. The second-order valence-corrected chi connectivity index (χ2v) is 9.53. The topological polar surface area (TPSA) is 26.3 Å². The molecule has 180 valence electrons. The van der Waals surface area contributed by atoms with Crippen molar-refractivity contribution in [1.82, 2.24) is 0 Å². The molecular weight excluding hydrogens is 368 g/mol. The van der Waals surface area contributed by atoms with Crippen molar-refractivity contribution in [2.45, 2.75) is 162 Å². The highest BCUT2D eigenvalue weighted by molar-refractivity contribution is 5.69.